The van der Waals surface area contributed by atoms with E-state index in [1.807, 2.05) is 0 Å². The predicted octanol–water partition coefficient (Wildman–Crippen LogP) is 0.413. The monoisotopic (exact) mass is 236 g/mol. The van der Waals surface area contributed by atoms with Crippen LogP contribution in [0, 0.1) is 0 Å². The van der Waals surface area contributed by atoms with Crippen LogP contribution in [0.15, 0.2) is 29.4 Å². The van der Waals surface area contributed by atoms with Crippen LogP contribution < -0.4 is 5.73 Å². The molecular weight excluding hydrogens is 224 g/mol. The molecule has 6 heteroatoms. The summed E-state index contributed by atoms with van der Waals surface area (Å²) in [6.45, 7) is 1.26. The van der Waals surface area contributed by atoms with E-state index in [0.29, 0.717) is 11.1 Å². The maximum absolute atomic E-state index is 11.0. The number of esters is 1. The van der Waals surface area contributed by atoms with E-state index in [9.17, 15) is 9.59 Å². The summed E-state index contributed by atoms with van der Waals surface area (Å²) in [4.78, 5) is 21.8. The Morgan fingerprint density at radius 3 is 2.59 bits per heavy atom. The number of primary amides is 1. The number of carbonyl (C=O) groups excluding carboxylic acids is 2. The molecule has 0 atom stereocenters. The minimum absolute atomic E-state index is 0.0161. The zero-order valence-electron chi connectivity index (χ0n) is 9.21. The summed E-state index contributed by atoms with van der Waals surface area (Å²) in [5, 5.41) is 11.6. The summed E-state index contributed by atoms with van der Waals surface area (Å²) in [7, 11) is 0. The van der Waals surface area contributed by atoms with Crippen LogP contribution in [0.3, 0.4) is 0 Å². The predicted molar refractivity (Wildman–Crippen MR) is 59.4 cm³/mol. The zero-order valence-corrected chi connectivity index (χ0v) is 9.21. The van der Waals surface area contributed by atoms with Crippen molar-refractivity contribution in [2.75, 3.05) is 0 Å². The number of nitrogens with two attached hydrogens (primary N) is 1. The molecule has 6 nitrogen and oxygen atoms in total. The molecule has 0 unspecified atom stereocenters. The number of oxime groups is 1. The summed E-state index contributed by atoms with van der Waals surface area (Å²) >= 11 is 0. The van der Waals surface area contributed by atoms with Gasteiger partial charge in [-0.05, 0) is 5.56 Å². The molecule has 0 spiro atoms. The van der Waals surface area contributed by atoms with E-state index in [-0.39, 0.29) is 12.3 Å². The van der Waals surface area contributed by atoms with E-state index in [1.165, 1.54) is 6.92 Å². The maximum atomic E-state index is 11.0. The Morgan fingerprint density at radius 1 is 1.41 bits per heavy atom. The Morgan fingerprint density at radius 2 is 2.06 bits per heavy atom. The van der Waals surface area contributed by atoms with Gasteiger partial charge in [0.05, 0.1) is 0 Å². The van der Waals surface area contributed by atoms with E-state index in [0.717, 1.165) is 0 Å². The Kier molecular flexibility index (Phi) is 4.21. The summed E-state index contributed by atoms with van der Waals surface area (Å²) in [6.07, 6.45) is 0. The summed E-state index contributed by atoms with van der Waals surface area (Å²) in [5.74, 6) is -1.30. The first-order chi connectivity index (χ1) is 8.06. The van der Waals surface area contributed by atoms with Crippen molar-refractivity contribution in [1.29, 1.82) is 0 Å². The molecule has 0 aliphatic heterocycles. The van der Waals surface area contributed by atoms with Crippen LogP contribution in [0.2, 0.25) is 0 Å². The fourth-order valence-electron chi connectivity index (χ4n) is 1.29. The highest BCUT2D eigenvalue weighted by atomic mass is 16.5. The fraction of sp³-hybridized carbons (Fsp3) is 0.182. The SMILES string of the molecule is CC(=O)OCc1ccccc1/C(=N/O)C(N)=O. The van der Waals surface area contributed by atoms with Crippen LogP contribution in [0.25, 0.3) is 0 Å². The molecule has 0 radical (unpaired) electrons. The number of hydrogen-bond donors (Lipinski definition) is 2. The van der Waals surface area contributed by atoms with Gasteiger partial charge >= 0.3 is 5.97 Å². The smallest absolute Gasteiger partial charge is 0.302 e. The number of rotatable bonds is 4. The highest BCUT2D eigenvalue weighted by Crippen LogP contribution is 2.11. The lowest BCUT2D eigenvalue weighted by Gasteiger charge is -2.08. The number of hydrogen-bond acceptors (Lipinski definition) is 5. The largest absolute Gasteiger partial charge is 0.461 e. The first-order valence-electron chi connectivity index (χ1n) is 4.79. The van der Waals surface area contributed by atoms with Gasteiger partial charge in [-0.1, -0.05) is 29.4 Å². The minimum Gasteiger partial charge on any atom is -0.461 e. The lowest BCUT2D eigenvalue weighted by Crippen LogP contribution is -2.25. The van der Waals surface area contributed by atoms with Crippen molar-refractivity contribution < 1.29 is 19.5 Å². The van der Waals surface area contributed by atoms with Gasteiger partial charge in [0.2, 0.25) is 0 Å². The van der Waals surface area contributed by atoms with Crippen molar-refractivity contribution in [2.24, 2.45) is 10.9 Å². The van der Waals surface area contributed by atoms with Gasteiger partial charge in [0.1, 0.15) is 6.61 Å². The number of carbonyl (C=O) groups is 2. The molecule has 0 saturated carbocycles. The molecule has 3 N–H and O–H groups in total. The van der Waals surface area contributed by atoms with E-state index in [2.05, 4.69) is 5.16 Å². The molecule has 1 rings (SSSR count). The van der Waals surface area contributed by atoms with Crippen molar-refractivity contribution in [1.82, 2.24) is 0 Å². The molecule has 17 heavy (non-hydrogen) atoms. The Hall–Kier alpha value is -2.37. The second-order valence-electron chi connectivity index (χ2n) is 3.25. The highest BCUT2D eigenvalue weighted by Gasteiger charge is 2.15. The Labute approximate surface area is 97.7 Å². The van der Waals surface area contributed by atoms with Crippen molar-refractivity contribution >= 4 is 17.6 Å². The standard InChI is InChI=1S/C11H12N2O4/c1-7(14)17-6-8-4-2-3-5-9(8)10(13-16)11(12)15/h2-5,16H,6H2,1H3,(H2,12,15)/b13-10-. The van der Waals surface area contributed by atoms with Gasteiger partial charge in [0.25, 0.3) is 5.91 Å². The fourth-order valence-corrected chi connectivity index (χ4v) is 1.29. The van der Waals surface area contributed by atoms with Crippen LogP contribution in [0.4, 0.5) is 0 Å². The van der Waals surface area contributed by atoms with Crippen LogP contribution in [-0.2, 0) is 20.9 Å². The molecule has 0 saturated heterocycles. The lowest BCUT2D eigenvalue weighted by atomic mass is 10.0. The van der Waals surface area contributed by atoms with Crippen molar-refractivity contribution in [2.45, 2.75) is 13.5 Å². The first-order valence-corrected chi connectivity index (χ1v) is 4.79. The van der Waals surface area contributed by atoms with Crippen molar-refractivity contribution in [3.8, 4) is 0 Å². The van der Waals surface area contributed by atoms with Gasteiger partial charge < -0.3 is 15.7 Å². The van der Waals surface area contributed by atoms with Gasteiger partial charge in [0.15, 0.2) is 5.71 Å². The molecule has 0 bridgehead atoms. The Balaban J connectivity index is 3.07. The summed E-state index contributed by atoms with van der Waals surface area (Å²) in [6, 6.07) is 6.56. The maximum Gasteiger partial charge on any atom is 0.302 e. The number of amides is 1. The Bertz CT molecular complexity index is 468. The number of ether oxygens (including phenoxy) is 1. The first kappa shape index (κ1) is 12.7. The quantitative estimate of drug-likeness (QED) is 0.342. The van der Waals surface area contributed by atoms with Crippen LogP contribution in [-0.4, -0.2) is 22.8 Å². The third kappa shape index (κ3) is 3.30. The summed E-state index contributed by atoms with van der Waals surface area (Å²) in [5.41, 5.74) is 5.67. The molecule has 0 aromatic heterocycles. The number of benzene rings is 1. The molecule has 1 amide bonds. The van der Waals surface area contributed by atoms with Gasteiger partial charge in [-0.25, -0.2) is 0 Å². The van der Waals surface area contributed by atoms with E-state index >= 15 is 0 Å². The van der Waals surface area contributed by atoms with Crippen LogP contribution >= 0.6 is 0 Å². The van der Waals surface area contributed by atoms with Crippen LogP contribution in [0.5, 0.6) is 0 Å². The second-order valence-corrected chi connectivity index (χ2v) is 3.25. The second kappa shape index (κ2) is 5.64. The van der Waals surface area contributed by atoms with E-state index in [1.54, 1.807) is 24.3 Å². The molecule has 0 fully saturated rings. The average molecular weight is 236 g/mol. The van der Waals surface area contributed by atoms with Crippen molar-refractivity contribution in [3.05, 3.63) is 35.4 Å². The molecule has 0 aliphatic rings. The van der Waals surface area contributed by atoms with Gasteiger partial charge in [-0.3, -0.25) is 9.59 Å². The van der Waals surface area contributed by atoms with Gasteiger partial charge in [0, 0.05) is 12.5 Å². The average Bonchev–Trinajstić information content (AvgIpc) is 2.28. The summed E-state index contributed by atoms with van der Waals surface area (Å²) < 4.78 is 4.82. The zero-order chi connectivity index (χ0) is 12.8. The van der Waals surface area contributed by atoms with E-state index < -0.39 is 11.9 Å². The minimum atomic E-state index is -0.859. The third-order valence-corrected chi connectivity index (χ3v) is 2.04. The molecule has 0 heterocycles. The normalized spacial score (nSPS) is 11.0. The molecular formula is C11H12N2O4. The van der Waals surface area contributed by atoms with Gasteiger partial charge in [-0.15, -0.1) is 0 Å². The molecule has 0 aliphatic carbocycles. The highest BCUT2D eigenvalue weighted by molar-refractivity contribution is 6.45. The van der Waals surface area contributed by atoms with Crippen LogP contribution in [0.1, 0.15) is 18.1 Å². The molecule has 90 valence electrons. The third-order valence-electron chi connectivity index (χ3n) is 2.04. The van der Waals surface area contributed by atoms with Gasteiger partial charge in [-0.2, -0.15) is 0 Å². The number of nitrogens with zero attached hydrogens (tertiary/aromatic N) is 1. The topological polar surface area (TPSA) is 102 Å². The van der Waals surface area contributed by atoms with E-state index in [4.69, 9.17) is 15.7 Å². The van der Waals surface area contributed by atoms with Crippen molar-refractivity contribution in [3.63, 3.8) is 0 Å². The molecule has 1 aromatic carbocycles. The molecule has 1 aromatic rings. The lowest BCUT2D eigenvalue weighted by molar-refractivity contribution is -0.142.